The Labute approximate surface area is 148 Å². The summed E-state index contributed by atoms with van der Waals surface area (Å²) >= 11 is 1.28. The van der Waals surface area contributed by atoms with Gasteiger partial charge in [0.25, 0.3) is 5.91 Å². The summed E-state index contributed by atoms with van der Waals surface area (Å²) in [5, 5.41) is 7.81. The highest BCUT2D eigenvalue weighted by atomic mass is 32.1. The Hall–Kier alpha value is -1.47. The second kappa shape index (κ2) is 9.74. The van der Waals surface area contributed by atoms with Crippen molar-refractivity contribution in [1.29, 1.82) is 0 Å². The highest BCUT2D eigenvalue weighted by Gasteiger charge is 2.13. The summed E-state index contributed by atoms with van der Waals surface area (Å²) in [5.41, 5.74) is 0.373. The lowest BCUT2D eigenvalue weighted by Crippen LogP contribution is -2.33. The molecule has 1 aromatic rings. The number of nitrogens with one attached hydrogen (secondary N) is 2. The van der Waals surface area contributed by atoms with E-state index in [4.69, 9.17) is 0 Å². The third-order valence-electron chi connectivity index (χ3n) is 3.96. The van der Waals surface area contributed by atoms with Gasteiger partial charge in [-0.3, -0.25) is 9.59 Å². The molecule has 0 unspecified atom stereocenters. The first-order valence-electron chi connectivity index (χ1n) is 8.80. The first kappa shape index (κ1) is 18.9. The number of anilines is 1. The third kappa shape index (κ3) is 6.57. The fraction of sp³-hybridized carbons (Fsp3) is 0.706. The van der Waals surface area contributed by atoms with Gasteiger partial charge in [-0.05, 0) is 44.8 Å². The molecule has 0 aliphatic carbocycles. The maximum absolute atomic E-state index is 12.1. The second-order valence-corrected chi connectivity index (χ2v) is 7.55. The van der Waals surface area contributed by atoms with Crippen molar-refractivity contribution in [1.82, 2.24) is 15.2 Å². The van der Waals surface area contributed by atoms with Crippen molar-refractivity contribution in [3.05, 3.63) is 11.1 Å². The Balaban J connectivity index is 1.67. The summed E-state index contributed by atoms with van der Waals surface area (Å²) in [4.78, 5) is 30.4. The fourth-order valence-corrected chi connectivity index (χ4v) is 3.46. The van der Waals surface area contributed by atoms with Crippen LogP contribution >= 0.6 is 11.3 Å². The van der Waals surface area contributed by atoms with Crippen LogP contribution in [0.3, 0.4) is 0 Å². The van der Waals surface area contributed by atoms with Crippen LogP contribution in [0.4, 0.5) is 5.13 Å². The molecule has 1 fully saturated rings. The number of thiazole rings is 1. The molecule has 1 aliphatic heterocycles. The summed E-state index contributed by atoms with van der Waals surface area (Å²) in [6, 6.07) is 0. The van der Waals surface area contributed by atoms with Crippen LogP contribution < -0.4 is 10.6 Å². The topological polar surface area (TPSA) is 74.3 Å². The quantitative estimate of drug-likeness (QED) is 0.706. The molecule has 1 aliphatic rings. The largest absolute Gasteiger partial charge is 0.351 e. The minimum atomic E-state index is -0.172. The maximum atomic E-state index is 12.1. The highest BCUT2D eigenvalue weighted by molar-refractivity contribution is 7.14. The van der Waals surface area contributed by atoms with Crippen molar-refractivity contribution in [3.8, 4) is 0 Å². The second-order valence-electron chi connectivity index (χ2n) is 6.70. The van der Waals surface area contributed by atoms with Crippen LogP contribution in [0.25, 0.3) is 0 Å². The number of carbonyl (C=O) groups is 2. The molecule has 7 heteroatoms. The summed E-state index contributed by atoms with van der Waals surface area (Å²) in [6.07, 6.45) is 5.32. The van der Waals surface area contributed by atoms with E-state index in [0.717, 1.165) is 13.0 Å². The van der Waals surface area contributed by atoms with Crippen LogP contribution in [-0.2, 0) is 4.79 Å². The highest BCUT2D eigenvalue weighted by Crippen LogP contribution is 2.16. The lowest BCUT2D eigenvalue weighted by atomic mass is 10.1. The molecule has 0 saturated carbocycles. The van der Waals surface area contributed by atoms with E-state index in [1.807, 2.05) is 13.8 Å². The molecule has 0 aromatic carbocycles. The zero-order chi connectivity index (χ0) is 17.4. The Morgan fingerprint density at radius 2 is 2.04 bits per heavy atom. The predicted octanol–water partition coefficient (Wildman–Crippen LogP) is 2.73. The average molecular weight is 353 g/mol. The number of likely N-dealkylation sites (tertiary alicyclic amines) is 1. The average Bonchev–Trinajstić information content (AvgIpc) is 3.00. The van der Waals surface area contributed by atoms with Gasteiger partial charge in [-0.25, -0.2) is 4.98 Å². The summed E-state index contributed by atoms with van der Waals surface area (Å²) in [7, 11) is 0. The molecule has 6 nitrogen and oxygen atoms in total. The van der Waals surface area contributed by atoms with Gasteiger partial charge in [0.15, 0.2) is 5.13 Å². The lowest BCUT2D eigenvalue weighted by Gasteiger charge is -2.26. The molecule has 0 bridgehead atoms. The first-order valence-corrected chi connectivity index (χ1v) is 9.68. The van der Waals surface area contributed by atoms with Gasteiger partial charge in [0, 0.05) is 18.3 Å². The van der Waals surface area contributed by atoms with E-state index >= 15 is 0 Å². The van der Waals surface area contributed by atoms with E-state index < -0.39 is 0 Å². The molecule has 2 heterocycles. The van der Waals surface area contributed by atoms with Crippen LogP contribution in [0, 0.1) is 5.92 Å². The van der Waals surface area contributed by atoms with Crippen LogP contribution in [0.5, 0.6) is 0 Å². The molecule has 0 spiro atoms. The minimum Gasteiger partial charge on any atom is -0.351 e. The van der Waals surface area contributed by atoms with Gasteiger partial charge in [-0.1, -0.05) is 20.3 Å². The first-order chi connectivity index (χ1) is 11.5. The lowest BCUT2D eigenvalue weighted by molar-refractivity contribution is -0.116. The number of hydrogen-bond donors (Lipinski definition) is 2. The Morgan fingerprint density at radius 1 is 1.29 bits per heavy atom. The molecule has 1 aromatic heterocycles. The van der Waals surface area contributed by atoms with Gasteiger partial charge in [-0.15, -0.1) is 11.3 Å². The van der Waals surface area contributed by atoms with E-state index in [1.165, 1.54) is 43.7 Å². The van der Waals surface area contributed by atoms with Crippen molar-refractivity contribution in [2.45, 2.75) is 46.0 Å². The van der Waals surface area contributed by atoms with Gasteiger partial charge < -0.3 is 15.5 Å². The molecule has 24 heavy (non-hydrogen) atoms. The van der Waals surface area contributed by atoms with E-state index in [-0.39, 0.29) is 11.8 Å². The Morgan fingerprint density at radius 3 is 2.75 bits per heavy atom. The van der Waals surface area contributed by atoms with Gasteiger partial charge in [0.1, 0.15) is 5.69 Å². The van der Waals surface area contributed by atoms with Gasteiger partial charge in [-0.2, -0.15) is 0 Å². The third-order valence-corrected chi connectivity index (χ3v) is 4.72. The number of rotatable bonds is 8. The van der Waals surface area contributed by atoms with Crippen molar-refractivity contribution >= 4 is 28.3 Å². The molecule has 2 amide bonds. The summed E-state index contributed by atoms with van der Waals surface area (Å²) < 4.78 is 0. The maximum Gasteiger partial charge on any atom is 0.270 e. The minimum absolute atomic E-state index is 0.0622. The van der Waals surface area contributed by atoms with Crippen molar-refractivity contribution in [3.63, 3.8) is 0 Å². The Bertz CT molecular complexity index is 538. The summed E-state index contributed by atoms with van der Waals surface area (Å²) in [6.45, 7) is 8.03. The molecule has 134 valence electrons. The SMILES string of the molecule is CC(C)CC(=O)Nc1nc(C(=O)NCCCN2CCCCC2)cs1. The van der Waals surface area contributed by atoms with E-state index in [0.29, 0.717) is 29.7 Å². The van der Waals surface area contributed by atoms with Crippen molar-refractivity contribution < 1.29 is 9.59 Å². The smallest absolute Gasteiger partial charge is 0.270 e. The summed E-state index contributed by atoms with van der Waals surface area (Å²) in [5.74, 6) is 0.0646. The number of hydrogen-bond acceptors (Lipinski definition) is 5. The zero-order valence-electron chi connectivity index (χ0n) is 14.6. The van der Waals surface area contributed by atoms with E-state index in [1.54, 1.807) is 5.38 Å². The fourth-order valence-electron chi connectivity index (χ4n) is 2.75. The van der Waals surface area contributed by atoms with Crippen LogP contribution in [0.2, 0.25) is 0 Å². The standard InChI is InChI=1S/C17H28N4O2S/c1-13(2)11-15(22)20-17-19-14(12-24-17)16(23)18-7-6-10-21-8-4-3-5-9-21/h12-13H,3-11H2,1-2H3,(H,18,23)(H,19,20,22). The number of carbonyl (C=O) groups excluding carboxylic acids is 2. The molecular weight excluding hydrogens is 324 g/mol. The normalized spacial score (nSPS) is 15.5. The monoisotopic (exact) mass is 352 g/mol. The number of piperidine rings is 1. The molecule has 0 atom stereocenters. The van der Waals surface area contributed by atoms with Crippen LogP contribution in [-0.4, -0.2) is 47.9 Å². The number of amides is 2. The van der Waals surface area contributed by atoms with Crippen LogP contribution in [0.1, 0.15) is 56.4 Å². The Kier molecular flexibility index (Phi) is 7.65. The number of nitrogens with zero attached hydrogens (tertiary/aromatic N) is 2. The zero-order valence-corrected chi connectivity index (χ0v) is 15.5. The van der Waals surface area contributed by atoms with Gasteiger partial charge in [0.2, 0.25) is 5.91 Å². The van der Waals surface area contributed by atoms with Gasteiger partial charge in [0.05, 0.1) is 0 Å². The van der Waals surface area contributed by atoms with Crippen molar-refractivity contribution in [2.24, 2.45) is 5.92 Å². The van der Waals surface area contributed by atoms with Crippen LogP contribution in [0.15, 0.2) is 5.38 Å². The molecule has 0 radical (unpaired) electrons. The molecular formula is C17H28N4O2S. The predicted molar refractivity (Wildman–Crippen MR) is 97.4 cm³/mol. The number of aromatic nitrogens is 1. The van der Waals surface area contributed by atoms with E-state index in [9.17, 15) is 9.59 Å². The van der Waals surface area contributed by atoms with Gasteiger partial charge >= 0.3 is 0 Å². The van der Waals surface area contributed by atoms with Crippen molar-refractivity contribution in [2.75, 3.05) is 31.5 Å². The molecule has 2 rings (SSSR count). The van der Waals surface area contributed by atoms with E-state index in [2.05, 4.69) is 20.5 Å². The molecule has 1 saturated heterocycles. The molecule has 2 N–H and O–H groups in total.